The van der Waals surface area contributed by atoms with Crippen LogP contribution >= 0.6 is 0 Å². The fourth-order valence-corrected chi connectivity index (χ4v) is 6.15. The number of hydrogen-bond donors (Lipinski definition) is 0. The minimum Gasteiger partial charge on any atom is -0.345 e. The minimum absolute atomic E-state index is 0.196. The number of hydrogen-bond acceptors (Lipinski definition) is 3. The first kappa shape index (κ1) is 15.6. The summed E-state index contributed by atoms with van der Waals surface area (Å²) in [6, 6.07) is 8.79. The molecule has 5 heterocycles. The van der Waals surface area contributed by atoms with Crippen LogP contribution in [-0.4, -0.2) is 46.3 Å². The molecule has 4 saturated heterocycles. The highest BCUT2D eigenvalue weighted by atomic mass is 16.1. The number of carbonyl (C=O) groups is 1. The van der Waals surface area contributed by atoms with Crippen molar-refractivity contribution in [2.75, 3.05) is 26.2 Å². The van der Waals surface area contributed by atoms with Gasteiger partial charge in [-0.15, -0.1) is 0 Å². The van der Waals surface area contributed by atoms with Crippen LogP contribution in [0.15, 0.2) is 24.3 Å². The summed E-state index contributed by atoms with van der Waals surface area (Å²) in [5.41, 5.74) is 3.78. The predicted molar refractivity (Wildman–Crippen MR) is 99.5 cm³/mol. The lowest BCUT2D eigenvalue weighted by Gasteiger charge is -2.64. The van der Waals surface area contributed by atoms with Crippen LogP contribution in [0.1, 0.15) is 38.2 Å². The number of benzene rings is 1. The van der Waals surface area contributed by atoms with Crippen LogP contribution in [0.2, 0.25) is 0 Å². The first-order valence-corrected chi connectivity index (χ1v) is 9.49. The van der Waals surface area contributed by atoms with Crippen molar-refractivity contribution in [1.82, 2.24) is 14.4 Å². The second-order valence-electron chi connectivity index (χ2n) is 8.89. The number of fused-ring (bicyclic) bond motifs is 1. The van der Waals surface area contributed by atoms with Gasteiger partial charge in [-0.25, -0.2) is 0 Å². The van der Waals surface area contributed by atoms with Gasteiger partial charge in [-0.3, -0.25) is 14.6 Å². The predicted octanol–water partition coefficient (Wildman–Crippen LogP) is 3.19. The third kappa shape index (κ3) is 1.82. The number of ketones is 1. The van der Waals surface area contributed by atoms with Crippen molar-refractivity contribution < 1.29 is 4.79 Å². The molecule has 6 rings (SSSR count). The molecule has 132 valence electrons. The zero-order chi connectivity index (χ0) is 17.6. The second kappa shape index (κ2) is 4.74. The van der Waals surface area contributed by atoms with Crippen LogP contribution in [0.5, 0.6) is 0 Å². The highest BCUT2D eigenvalue weighted by molar-refractivity contribution is 5.93. The summed E-state index contributed by atoms with van der Waals surface area (Å²) in [7, 11) is 0. The Kier molecular flexibility index (Phi) is 2.96. The fraction of sp³-hybridized carbons (Fsp3) is 0.571. The van der Waals surface area contributed by atoms with Crippen molar-refractivity contribution in [3.05, 3.63) is 35.5 Å². The number of aryl methyl sites for hydroxylation is 1. The molecule has 4 aliphatic rings. The van der Waals surface area contributed by atoms with Gasteiger partial charge in [0, 0.05) is 54.9 Å². The van der Waals surface area contributed by atoms with E-state index in [1.807, 2.05) is 0 Å². The summed E-state index contributed by atoms with van der Waals surface area (Å²) in [6.07, 6.45) is 0.312. The molecular weight excluding hydrogens is 310 g/mol. The van der Waals surface area contributed by atoms with Gasteiger partial charge >= 0.3 is 0 Å². The molecule has 0 saturated carbocycles. The Morgan fingerprint density at radius 3 is 2.16 bits per heavy atom. The van der Waals surface area contributed by atoms with Crippen LogP contribution in [0.4, 0.5) is 0 Å². The topological polar surface area (TPSA) is 28.5 Å². The normalized spacial score (nSPS) is 39.5. The molecule has 0 spiro atoms. The van der Waals surface area contributed by atoms with Crippen molar-refractivity contribution in [1.29, 1.82) is 0 Å². The molecule has 4 fully saturated rings. The van der Waals surface area contributed by atoms with Crippen molar-refractivity contribution in [3.63, 3.8) is 0 Å². The van der Waals surface area contributed by atoms with Crippen LogP contribution in [0.25, 0.3) is 10.9 Å². The van der Waals surface area contributed by atoms with Gasteiger partial charge in [-0.1, -0.05) is 32.0 Å². The average molecular weight is 337 g/mol. The molecule has 2 aromatic rings. The molecule has 0 amide bonds. The Morgan fingerprint density at radius 1 is 1.04 bits per heavy atom. The maximum Gasteiger partial charge on any atom is 0.149 e. The molecule has 0 aliphatic carbocycles. The summed E-state index contributed by atoms with van der Waals surface area (Å²) in [4.78, 5) is 18.1. The first-order chi connectivity index (χ1) is 11.9. The summed E-state index contributed by atoms with van der Waals surface area (Å²) >= 11 is 0. The van der Waals surface area contributed by atoms with E-state index in [2.05, 4.69) is 66.3 Å². The minimum atomic E-state index is -0.196. The maximum atomic E-state index is 12.9. The molecular formula is C21H27N3O. The summed E-state index contributed by atoms with van der Waals surface area (Å²) in [5, 5.41) is 1.38. The number of para-hydroxylation sites is 1. The Labute approximate surface area is 149 Å². The number of nitrogens with zero attached hydrogens (tertiary/aromatic N) is 3. The third-order valence-electron chi connectivity index (χ3n) is 6.85. The van der Waals surface area contributed by atoms with E-state index in [4.69, 9.17) is 0 Å². The molecule has 25 heavy (non-hydrogen) atoms. The molecule has 4 bridgehead atoms. The van der Waals surface area contributed by atoms with E-state index in [0.29, 0.717) is 11.9 Å². The van der Waals surface area contributed by atoms with Crippen molar-refractivity contribution in [3.8, 4) is 0 Å². The standard InChI is InChI=1S/C21H27N3O/c1-5-24-14(2)17(15-8-6-7-9-16(15)24)18-22-10-20(3)11-23(18)13-21(4,12-22)19(20)25/h6-9,18H,5,10-13H2,1-4H3. The van der Waals surface area contributed by atoms with Gasteiger partial charge in [0.25, 0.3) is 0 Å². The lowest BCUT2D eigenvalue weighted by atomic mass is 9.62. The highest BCUT2D eigenvalue weighted by Gasteiger charge is 2.62. The van der Waals surface area contributed by atoms with Gasteiger partial charge in [-0.2, -0.15) is 0 Å². The quantitative estimate of drug-likeness (QED) is 0.842. The summed E-state index contributed by atoms with van der Waals surface area (Å²) in [6.45, 7) is 13.4. The Morgan fingerprint density at radius 2 is 1.60 bits per heavy atom. The lowest BCUT2D eigenvalue weighted by molar-refractivity contribution is -0.196. The third-order valence-corrected chi connectivity index (χ3v) is 6.85. The number of carbonyl (C=O) groups excluding carboxylic acids is 1. The Balaban J connectivity index is 1.69. The van der Waals surface area contributed by atoms with Gasteiger partial charge in [0.2, 0.25) is 0 Å². The first-order valence-electron chi connectivity index (χ1n) is 9.49. The SMILES string of the molecule is CCn1c(C)c(C2N3CC4(C)CN2CC(C)(C3)C4=O)c2ccccc21. The van der Waals surface area contributed by atoms with Gasteiger partial charge in [0.05, 0.1) is 17.0 Å². The largest absolute Gasteiger partial charge is 0.345 e. The van der Waals surface area contributed by atoms with Crippen LogP contribution in [0, 0.1) is 17.8 Å². The summed E-state index contributed by atoms with van der Waals surface area (Å²) < 4.78 is 2.44. The van der Waals surface area contributed by atoms with E-state index in [1.165, 1.54) is 22.2 Å². The number of piperidine rings is 2. The molecule has 1 aromatic carbocycles. The highest BCUT2D eigenvalue weighted by Crippen LogP contribution is 2.53. The lowest BCUT2D eigenvalue weighted by Crippen LogP contribution is -2.75. The smallest absolute Gasteiger partial charge is 0.149 e. The maximum absolute atomic E-state index is 12.9. The number of Topliss-reactive ketones (excluding diaryl/α,β-unsaturated/α-hetero) is 1. The molecule has 0 N–H and O–H groups in total. The van der Waals surface area contributed by atoms with Crippen molar-refractivity contribution in [2.24, 2.45) is 10.8 Å². The van der Waals surface area contributed by atoms with E-state index in [9.17, 15) is 4.79 Å². The summed E-state index contributed by atoms with van der Waals surface area (Å²) in [5.74, 6) is 0.485. The van der Waals surface area contributed by atoms with E-state index in [1.54, 1.807) is 0 Å². The molecule has 0 unspecified atom stereocenters. The van der Waals surface area contributed by atoms with Gasteiger partial charge in [0.1, 0.15) is 5.78 Å². The van der Waals surface area contributed by atoms with Crippen LogP contribution < -0.4 is 0 Å². The fourth-order valence-electron chi connectivity index (χ4n) is 6.15. The molecule has 0 atom stereocenters. The molecule has 4 aliphatic heterocycles. The number of rotatable bonds is 2. The van der Waals surface area contributed by atoms with Crippen LogP contribution in [0.3, 0.4) is 0 Å². The van der Waals surface area contributed by atoms with E-state index < -0.39 is 0 Å². The van der Waals surface area contributed by atoms with E-state index >= 15 is 0 Å². The molecule has 4 heteroatoms. The molecule has 1 aromatic heterocycles. The van der Waals surface area contributed by atoms with Gasteiger partial charge in [-0.05, 0) is 19.9 Å². The number of aromatic nitrogens is 1. The average Bonchev–Trinajstić information content (AvgIpc) is 2.83. The molecule has 4 nitrogen and oxygen atoms in total. The second-order valence-corrected chi connectivity index (χ2v) is 8.89. The zero-order valence-electron chi connectivity index (χ0n) is 15.7. The van der Waals surface area contributed by atoms with Gasteiger partial charge < -0.3 is 4.57 Å². The Bertz CT molecular complexity index is 856. The van der Waals surface area contributed by atoms with E-state index in [0.717, 1.165) is 32.7 Å². The van der Waals surface area contributed by atoms with Crippen molar-refractivity contribution in [2.45, 2.75) is 40.4 Å². The Hall–Kier alpha value is -1.65. The zero-order valence-corrected chi connectivity index (χ0v) is 15.7. The van der Waals surface area contributed by atoms with Crippen LogP contribution in [-0.2, 0) is 11.3 Å². The monoisotopic (exact) mass is 337 g/mol. The van der Waals surface area contributed by atoms with Gasteiger partial charge in [0.15, 0.2) is 0 Å². The molecule has 0 radical (unpaired) electrons. The van der Waals surface area contributed by atoms with E-state index in [-0.39, 0.29) is 10.8 Å². The van der Waals surface area contributed by atoms with Crippen molar-refractivity contribution >= 4 is 16.7 Å².